The first-order valence-electron chi connectivity index (χ1n) is 6.26. The predicted octanol–water partition coefficient (Wildman–Crippen LogP) is 2.43. The largest absolute Gasteiger partial charge is 0.395 e. The number of rotatable bonds is 6. The number of aliphatic hydroxyl groups is 1. The van der Waals surface area contributed by atoms with E-state index in [1.54, 1.807) is 12.4 Å². The average Bonchev–Trinajstić information content (AvgIpc) is 2.46. The van der Waals surface area contributed by atoms with Gasteiger partial charge in [-0.15, -0.1) is 0 Å². The monoisotopic (exact) mass is 276 g/mol. The van der Waals surface area contributed by atoms with Crippen molar-refractivity contribution in [2.45, 2.75) is 19.0 Å². The Morgan fingerprint density at radius 3 is 2.68 bits per heavy atom. The van der Waals surface area contributed by atoms with Crippen molar-refractivity contribution in [1.29, 1.82) is 0 Å². The van der Waals surface area contributed by atoms with Crippen LogP contribution in [0.4, 0.5) is 0 Å². The van der Waals surface area contributed by atoms with E-state index in [9.17, 15) is 5.11 Å². The molecule has 4 heteroatoms. The molecule has 1 aromatic carbocycles. The summed E-state index contributed by atoms with van der Waals surface area (Å²) in [5.74, 6) is 0. The van der Waals surface area contributed by atoms with Crippen molar-refractivity contribution in [3.8, 4) is 0 Å². The maximum Gasteiger partial charge on any atom is 0.0634 e. The highest BCUT2D eigenvalue weighted by Gasteiger charge is 2.08. The van der Waals surface area contributed by atoms with Gasteiger partial charge in [-0.25, -0.2) is 0 Å². The summed E-state index contributed by atoms with van der Waals surface area (Å²) in [5.41, 5.74) is 2.19. The van der Waals surface area contributed by atoms with Crippen LogP contribution in [0.15, 0.2) is 48.8 Å². The highest BCUT2D eigenvalue weighted by Crippen LogP contribution is 2.13. The SMILES string of the molecule is OCC(Cc1ccccc1)NCc1ccncc1Cl. The molecule has 0 amide bonds. The summed E-state index contributed by atoms with van der Waals surface area (Å²) < 4.78 is 0. The second kappa shape index (κ2) is 7.24. The zero-order valence-corrected chi connectivity index (χ0v) is 11.3. The number of pyridine rings is 1. The lowest BCUT2D eigenvalue weighted by atomic mass is 10.1. The fourth-order valence-electron chi connectivity index (χ4n) is 1.90. The first-order chi connectivity index (χ1) is 9.29. The van der Waals surface area contributed by atoms with Gasteiger partial charge in [0.15, 0.2) is 0 Å². The van der Waals surface area contributed by atoms with Crippen molar-refractivity contribution in [2.75, 3.05) is 6.61 Å². The van der Waals surface area contributed by atoms with Gasteiger partial charge in [-0.2, -0.15) is 0 Å². The molecular formula is C15H17ClN2O. The van der Waals surface area contributed by atoms with Crippen LogP contribution in [-0.2, 0) is 13.0 Å². The van der Waals surface area contributed by atoms with Crippen LogP contribution in [0.1, 0.15) is 11.1 Å². The lowest BCUT2D eigenvalue weighted by Crippen LogP contribution is -2.34. The maximum absolute atomic E-state index is 9.43. The van der Waals surface area contributed by atoms with Gasteiger partial charge in [-0.1, -0.05) is 41.9 Å². The Kier molecular flexibility index (Phi) is 5.33. The minimum atomic E-state index is 0.0200. The third-order valence-electron chi connectivity index (χ3n) is 2.98. The molecule has 19 heavy (non-hydrogen) atoms. The third kappa shape index (κ3) is 4.31. The number of aromatic nitrogens is 1. The number of hydrogen-bond acceptors (Lipinski definition) is 3. The fraction of sp³-hybridized carbons (Fsp3) is 0.267. The van der Waals surface area contributed by atoms with E-state index in [0.717, 1.165) is 12.0 Å². The minimum absolute atomic E-state index is 0.0200. The molecule has 100 valence electrons. The number of nitrogens with one attached hydrogen (secondary N) is 1. The molecule has 1 aromatic heterocycles. The Hall–Kier alpha value is -1.42. The summed E-state index contributed by atoms with van der Waals surface area (Å²) in [4.78, 5) is 3.95. The van der Waals surface area contributed by atoms with Crippen LogP contribution in [-0.4, -0.2) is 22.7 Å². The molecule has 0 saturated heterocycles. The van der Waals surface area contributed by atoms with E-state index >= 15 is 0 Å². The Morgan fingerprint density at radius 1 is 1.21 bits per heavy atom. The van der Waals surface area contributed by atoms with Crippen LogP contribution in [0, 0.1) is 0 Å². The number of halogens is 1. The van der Waals surface area contributed by atoms with Gasteiger partial charge in [-0.3, -0.25) is 4.98 Å². The molecule has 0 aliphatic carbocycles. The van der Waals surface area contributed by atoms with Crippen LogP contribution in [0.25, 0.3) is 0 Å². The number of benzene rings is 1. The zero-order valence-electron chi connectivity index (χ0n) is 10.6. The van der Waals surface area contributed by atoms with Crippen molar-refractivity contribution in [3.63, 3.8) is 0 Å². The summed E-state index contributed by atoms with van der Waals surface area (Å²) in [6, 6.07) is 12.0. The van der Waals surface area contributed by atoms with Crippen LogP contribution in [0.2, 0.25) is 5.02 Å². The summed E-state index contributed by atoms with van der Waals surface area (Å²) in [6.07, 6.45) is 4.14. The Morgan fingerprint density at radius 2 is 2.00 bits per heavy atom. The van der Waals surface area contributed by atoms with Crippen molar-refractivity contribution in [3.05, 3.63) is 64.9 Å². The van der Waals surface area contributed by atoms with Crippen molar-refractivity contribution < 1.29 is 5.11 Å². The Balaban J connectivity index is 1.91. The zero-order chi connectivity index (χ0) is 13.5. The van der Waals surface area contributed by atoms with Gasteiger partial charge in [0.05, 0.1) is 11.6 Å². The summed E-state index contributed by atoms with van der Waals surface area (Å²) in [7, 11) is 0. The van der Waals surface area contributed by atoms with E-state index in [-0.39, 0.29) is 12.6 Å². The number of nitrogens with zero attached hydrogens (tertiary/aromatic N) is 1. The van der Waals surface area contributed by atoms with Gasteiger partial charge < -0.3 is 10.4 Å². The van der Waals surface area contributed by atoms with Gasteiger partial charge in [0.25, 0.3) is 0 Å². The second-order valence-electron chi connectivity index (χ2n) is 4.42. The van der Waals surface area contributed by atoms with Crippen molar-refractivity contribution in [1.82, 2.24) is 10.3 Å². The number of hydrogen-bond donors (Lipinski definition) is 2. The molecule has 2 aromatic rings. The van der Waals surface area contributed by atoms with E-state index in [1.807, 2.05) is 24.3 Å². The quantitative estimate of drug-likeness (QED) is 0.852. The van der Waals surface area contributed by atoms with Gasteiger partial charge >= 0.3 is 0 Å². The molecule has 0 aliphatic rings. The second-order valence-corrected chi connectivity index (χ2v) is 4.82. The predicted molar refractivity (Wildman–Crippen MR) is 77.1 cm³/mol. The normalized spacial score (nSPS) is 12.3. The lowest BCUT2D eigenvalue weighted by molar-refractivity contribution is 0.241. The van der Waals surface area contributed by atoms with E-state index in [0.29, 0.717) is 11.6 Å². The molecule has 0 bridgehead atoms. The summed E-state index contributed by atoms with van der Waals surface area (Å²) >= 11 is 6.05. The van der Waals surface area contributed by atoms with E-state index in [2.05, 4.69) is 22.4 Å². The lowest BCUT2D eigenvalue weighted by Gasteiger charge is -2.16. The molecule has 0 fully saturated rings. The summed E-state index contributed by atoms with van der Waals surface area (Å²) in [5, 5.41) is 13.4. The fourth-order valence-corrected chi connectivity index (χ4v) is 2.09. The van der Waals surface area contributed by atoms with E-state index < -0.39 is 0 Å². The van der Waals surface area contributed by atoms with Crippen LogP contribution in [0.5, 0.6) is 0 Å². The molecule has 1 unspecified atom stereocenters. The van der Waals surface area contributed by atoms with Gasteiger partial charge in [0.1, 0.15) is 0 Å². The average molecular weight is 277 g/mol. The minimum Gasteiger partial charge on any atom is -0.395 e. The van der Waals surface area contributed by atoms with Crippen LogP contribution >= 0.6 is 11.6 Å². The first-order valence-corrected chi connectivity index (χ1v) is 6.64. The molecule has 1 heterocycles. The molecule has 0 aliphatic heterocycles. The molecule has 2 N–H and O–H groups in total. The molecular weight excluding hydrogens is 260 g/mol. The van der Waals surface area contributed by atoms with E-state index in [1.165, 1.54) is 5.56 Å². The molecule has 0 spiro atoms. The van der Waals surface area contributed by atoms with Crippen molar-refractivity contribution in [2.24, 2.45) is 0 Å². The molecule has 0 saturated carbocycles. The molecule has 2 rings (SSSR count). The Bertz CT molecular complexity index is 505. The highest BCUT2D eigenvalue weighted by molar-refractivity contribution is 6.31. The van der Waals surface area contributed by atoms with Gasteiger partial charge in [0.2, 0.25) is 0 Å². The van der Waals surface area contributed by atoms with Gasteiger partial charge in [-0.05, 0) is 23.6 Å². The molecule has 3 nitrogen and oxygen atoms in total. The topological polar surface area (TPSA) is 45.1 Å². The van der Waals surface area contributed by atoms with E-state index in [4.69, 9.17) is 11.6 Å². The Labute approximate surface area is 118 Å². The van der Waals surface area contributed by atoms with Crippen LogP contribution < -0.4 is 5.32 Å². The molecule has 0 radical (unpaired) electrons. The maximum atomic E-state index is 9.43. The molecule has 1 atom stereocenters. The summed E-state index contributed by atoms with van der Waals surface area (Å²) in [6.45, 7) is 0.719. The standard InChI is InChI=1S/C15H17ClN2O/c16-15-10-17-7-6-13(15)9-18-14(11-19)8-12-4-2-1-3-5-12/h1-7,10,14,18-19H,8-9,11H2. The highest BCUT2D eigenvalue weighted by atomic mass is 35.5. The van der Waals surface area contributed by atoms with Crippen LogP contribution in [0.3, 0.4) is 0 Å². The third-order valence-corrected chi connectivity index (χ3v) is 3.32. The first kappa shape index (κ1) is 14.0. The smallest absolute Gasteiger partial charge is 0.0634 e. The van der Waals surface area contributed by atoms with Crippen molar-refractivity contribution >= 4 is 11.6 Å². The van der Waals surface area contributed by atoms with Gasteiger partial charge in [0, 0.05) is 25.0 Å². The number of aliphatic hydroxyl groups excluding tert-OH is 1.